The lowest BCUT2D eigenvalue weighted by atomic mass is 10.3. The van der Waals surface area contributed by atoms with Crippen LogP contribution in [0.1, 0.15) is 0 Å². The van der Waals surface area contributed by atoms with Gasteiger partial charge in [-0.15, -0.1) is 0 Å². The molecule has 0 aliphatic carbocycles. The highest BCUT2D eigenvalue weighted by Gasteiger charge is 2.03. The molecular weight excluding hydrogens is 377 g/mol. The van der Waals surface area contributed by atoms with Crippen molar-refractivity contribution >= 4 is 37.5 Å². The molecule has 0 aromatic heterocycles. The van der Waals surface area contributed by atoms with E-state index < -0.39 is 0 Å². The number of ether oxygens (including phenoxy) is 1. The summed E-state index contributed by atoms with van der Waals surface area (Å²) in [5.41, 5.74) is 0.993. The highest BCUT2D eigenvalue weighted by Crippen LogP contribution is 2.22. The van der Waals surface area contributed by atoms with Gasteiger partial charge in [0, 0.05) is 21.2 Å². The number of rotatable bonds is 5. The molecule has 0 unspecified atom stereocenters. The van der Waals surface area contributed by atoms with Gasteiger partial charge in [0.25, 0.3) is 0 Å². The topological polar surface area (TPSA) is 21.3 Å². The van der Waals surface area contributed by atoms with Crippen LogP contribution < -0.4 is 10.1 Å². The van der Waals surface area contributed by atoms with Gasteiger partial charge in [-0.2, -0.15) is 0 Å². The SMILES string of the molecule is Fc1ccc(Br)cc1OCCNc1cccc(Br)c1. The summed E-state index contributed by atoms with van der Waals surface area (Å²) in [6.07, 6.45) is 0. The fourth-order valence-electron chi connectivity index (χ4n) is 1.54. The van der Waals surface area contributed by atoms with Gasteiger partial charge in [0.05, 0.1) is 0 Å². The molecule has 2 nitrogen and oxygen atoms in total. The van der Waals surface area contributed by atoms with Crippen molar-refractivity contribution in [3.8, 4) is 5.75 Å². The zero-order valence-corrected chi connectivity index (χ0v) is 13.2. The largest absolute Gasteiger partial charge is 0.489 e. The van der Waals surface area contributed by atoms with Crippen LogP contribution in [-0.2, 0) is 0 Å². The van der Waals surface area contributed by atoms with Crippen LogP contribution in [0.5, 0.6) is 5.75 Å². The number of anilines is 1. The quantitative estimate of drug-likeness (QED) is 0.740. The third-order valence-corrected chi connectivity index (χ3v) is 3.39. The Balaban J connectivity index is 1.82. The first kappa shape index (κ1) is 14.3. The molecule has 0 fully saturated rings. The normalized spacial score (nSPS) is 10.3. The molecule has 1 N–H and O–H groups in total. The van der Waals surface area contributed by atoms with Crippen LogP contribution in [0.15, 0.2) is 51.4 Å². The van der Waals surface area contributed by atoms with Crippen molar-refractivity contribution in [1.29, 1.82) is 0 Å². The third kappa shape index (κ3) is 4.51. The lowest BCUT2D eigenvalue weighted by Gasteiger charge is -2.09. The van der Waals surface area contributed by atoms with Gasteiger partial charge in [0.2, 0.25) is 0 Å². The highest BCUT2D eigenvalue weighted by atomic mass is 79.9. The minimum Gasteiger partial charge on any atom is -0.489 e. The summed E-state index contributed by atoms with van der Waals surface area (Å²) >= 11 is 6.68. The van der Waals surface area contributed by atoms with E-state index in [0.29, 0.717) is 13.2 Å². The molecule has 0 spiro atoms. The lowest BCUT2D eigenvalue weighted by Crippen LogP contribution is -2.12. The molecule has 19 heavy (non-hydrogen) atoms. The van der Waals surface area contributed by atoms with Gasteiger partial charge in [-0.1, -0.05) is 37.9 Å². The third-order valence-electron chi connectivity index (χ3n) is 2.41. The molecular formula is C14H12Br2FNO. The Bertz CT molecular complexity index is 563. The maximum Gasteiger partial charge on any atom is 0.165 e. The first-order valence-electron chi connectivity index (χ1n) is 5.72. The molecule has 2 rings (SSSR count). The second-order valence-electron chi connectivity index (χ2n) is 3.86. The molecule has 2 aromatic carbocycles. The Kier molecular flexibility index (Phi) is 5.22. The van der Waals surface area contributed by atoms with Crippen LogP contribution >= 0.6 is 31.9 Å². The molecule has 2 aromatic rings. The van der Waals surface area contributed by atoms with Crippen LogP contribution in [0.4, 0.5) is 10.1 Å². The average Bonchev–Trinajstić information content (AvgIpc) is 2.39. The van der Waals surface area contributed by atoms with E-state index in [9.17, 15) is 4.39 Å². The van der Waals surface area contributed by atoms with Gasteiger partial charge < -0.3 is 10.1 Å². The van der Waals surface area contributed by atoms with E-state index in [0.717, 1.165) is 14.6 Å². The van der Waals surface area contributed by atoms with Crippen molar-refractivity contribution < 1.29 is 9.13 Å². The highest BCUT2D eigenvalue weighted by molar-refractivity contribution is 9.10. The van der Waals surface area contributed by atoms with E-state index in [1.54, 1.807) is 12.1 Å². The summed E-state index contributed by atoms with van der Waals surface area (Å²) in [5.74, 6) is -0.101. The fourth-order valence-corrected chi connectivity index (χ4v) is 2.28. The fraction of sp³-hybridized carbons (Fsp3) is 0.143. The van der Waals surface area contributed by atoms with E-state index >= 15 is 0 Å². The van der Waals surface area contributed by atoms with E-state index in [-0.39, 0.29) is 11.6 Å². The maximum absolute atomic E-state index is 13.4. The van der Waals surface area contributed by atoms with Crippen LogP contribution in [0.25, 0.3) is 0 Å². The second kappa shape index (κ2) is 6.91. The summed E-state index contributed by atoms with van der Waals surface area (Å²) in [7, 11) is 0. The second-order valence-corrected chi connectivity index (χ2v) is 5.69. The van der Waals surface area contributed by atoms with Crippen molar-refractivity contribution in [1.82, 2.24) is 0 Å². The molecule has 0 saturated heterocycles. The van der Waals surface area contributed by atoms with Crippen molar-refractivity contribution in [2.75, 3.05) is 18.5 Å². The summed E-state index contributed by atoms with van der Waals surface area (Å²) in [6.45, 7) is 0.988. The number of nitrogens with one attached hydrogen (secondary N) is 1. The van der Waals surface area contributed by atoms with Gasteiger partial charge in [-0.25, -0.2) is 4.39 Å². The first-order chi connectivity index (χ1) is 9.15. The van der Waals surface area contributed by atoms with Crippen LogP contribution in [0, 0.1) is 5.82 Å². The standard InChI is InChI=1S/C14H12Br2FNO/c15-10-2-1-3-12(8-10)18-6-7-19-14-9-11(16)4-5-13(14)17/h1-5,8-9,18H,6-7H2. The number of benzene rings is 2. The summed E-state index contributed by atoms with van der Waals surface area (Å²) in [4.78, 5) is 0. The Labute approximate surface area is 128 Å². The average molecular weight is 389 g/mol. The summed E-state index contributed by atoms with van der Waals surface area (Å²) < 4.78 is 20.6. The van der Waals surface area contributed by atoms with Crippen molar-refractivity contribution in [3.05, 3.63) is 57.2 Å². The molecule has 100 valence electrons. The zero-order valence-electron chi connectivity index (χ0n) is 10.00. The summed E-state index contributed by atoms with van der Waals surface area (Å²) in [6, 6.07) is 12.5. The van der Waals surface area contributed by atoms with Gasteiger partial charge >= 0.3 is 0 Å². The van der Waals surface area contributed by atoms with E-state index in [4.69, 9.17) is 4.74 Å². The number of halogens is 3. The monoisotopic (exact) mass is 387 g/mol. The molecule has 0 radical (unpaired) electrons. The zero-order chi connectivity index (χ0) is 13.7. The van der Waals surface area contributed by atoms with Gasteiger partial charge in [-0.05, 0) is 36.4 Å². The molecule has 0 aliphatic heterocycles. The van der Waals surface area contributed by atoms with Crippen molar-refractivity contribution in [2.45, 2.75) is 0 Å². The summed E-state index contributed by atoms with van der Waals surface area (Å²) in [5, 5.41) is 3.20. The van der Waals surface area contributed by atoms with E-state index in [2.05, 4.69) is 37.2 Å². The Morgan fingerprint density at radius 1 is 1.05 bits per heavy atom. The van der Waals surface area contributed by atoms with Gasteiger partial charge in [-0.3, -0.25) is 0 Å². The smallest absolute Gasteiger partial charge is 0.165 e. The van der Waals surface area contributed by atoms with Crippen LogP contribution in [-0.4, -0.2) is 13.2 Å². The maximum atomic E-state index is 13.4. The molecule has 0 atom stereocenters. The van der Waals surface area contributed by atoms with E-state index in [1.165, 1.54) is 6.07 Å². The van der Waals surface area contributed by atoms with Gasteiger partial charge in [0.1, 0.15) is 6.61 Å². The van der Waals surface area contributed by atoms with Gasteiger partial charge in [0.15, 0.2) is 11.6 Å². The van der Waals surface area contributed by atoms with Crippen molar-refractivity contribution in [3.63, 3.8) is 0 Å². The number of hydrogen-bond donors (Lipinski definition) is 1. The lowest BCUT2D eigenvalue weighted by molar-refractivity contribution is 0.315. The first-order valence-corrected chi connectivity index (χ1v) is 7.31. The number of hydrogen-bond acceptors (Lipinski definition) is 2. The van der Waals surface area contributed by atoms with Crippen molar-refractivity contribution in [2.24, 2.45) is 0 Å². The van der Waals surface area contributed by atoms with Crippen LogP contribution in [0.3, 0.4) is 0 Å². The molecule has 0 saturated carbocycles. The molecule has 0 aliphatic rings. The Morgan fingerprint density at radius 3 is 2.63 bits per heavy atom. The molecule has 5 heteroatoms. The molecule has 0 bridgehead atoms. The molecule has 0 heterocycles. The Morgan fingerprint density at radius 2 is 1.84 bits per heavy atom. The van der Waals surface area contributed by atoms with E-state index in [1.807, 2.05) is 24.3 Å². The minimum atomic E-state index is -0.356. The predicted molar refractivity (Wildman–Crippen MR) is 82.2 cm³/mol. The Hall–Kier alpha value is -1.07. The minimum absolute atomic E-state index is 0.255. The molecule has 0 amide bonds. The van der Waals surface area contributed by atoms with Crippen LogP contribution in [0.2, 0.25) is 0 Å². The predicted octanol–water partition coefficient (Wildman–Crippen LogP) is 4.84.